The van der Waals surface area contributed by atoms with Crippen molar-refractivity contribution in [3.05, 3.63) is 59.2 Å². The van der Waals surface area contributed by atoms with Crippen LogP contribution in [0.15, 0.2) is 47.5 Å². The van der Waals surface area contributed by atoms with E-state index in [2.05, 4.69) is 29.3 Å². The van der Waals surface area contributed by atoms with E-state index >= 15 is 0 Å². The van der Waals surface area contributed by atoms with Crippen molar-refractivity contribution < 1.29 is 14.7 Å². The Kier molecular flexibility index (Phi) is 5.49. The number of hydrogen-bond donors (Lipinski definition) is 2. The second-order valence-corrected chi connectivity index (χ2v) is 6.30. The van der Waals surface area contributed by atoms with Gasteiger partial charge in [-0.1, -0.05) is 24.3 Å². The first-order valence-electron chi connectivity index (χ1n) is 8.53. The molecule has 3 rings (SSSR count). The van der Waals surface area contributed by atoms with Crippen LogP contribution in [0.4, 0.5) is 0 Å². The SMILES string of the molecule is COc1ccc(O)c(C=NCc2ccccc2C[NH+]2CCCC2)c1. The van der Waals surface area contributed by atoms with Gasteiger partial charge >= 0.3 is 0 Å². The van der Waals surface area contributed by atoms with Gasteiger partial charge in [0.05, 0.1) is 26.7 Å². The van der Waals surface area contributed by atoms with Gasteiger partial charge in [-0.15, -0.1) is 0 Å². The van der Waals surface area contributed by atoms with Crippen LogP contribution in [0.3, 0.4) is 0 Å². The zero-order chi connectivity index (χ0) is 16.8. The van der Waals surface area contributed by atoms with Crippen molar-refractivity contribution in [3.63, 3.8) is 0 Å². The van der Waals surface area contributed by atoms with Crippen molar-refractivity contribution in [2.45, 2.75) is 25.9 Å². The van der Waals surface area contributed by atoms with E-state index in [4.69, 9.17) is 4.74 Å². The Morgan fingerprint density at radius 1 is 1.12 bits per heavy atom. The molecule has 0 radical (unpaired) electrons. The first-order valence-corrected chi connectivity index (χ1v) is 8.53. The topological polar surface area (TPSA) is 46.3 Å². The van der Waals surface area contributed by atoms with E-state index in [9.17, 15) is 5.11 Å². The fraction of sp³-hybridized carbons (Fsp3) is 0.350. The van der Waals surface area contributed by atoms with Crippen LogP contribution in [0, 0.1) is 0 Å². The number of rotatable bonds is 6. The summed E-state index contributed by atoms with van der Waals surface area (Å²) in [6, 6.07) is 13.7. The molecular weight excluding hydrogens is 300 g/mol. The van der Waals surface area contributed by atoms with E-state index in [1.165, 1.54) is 37.1 Å². The molecule has 24 heavy (non-hydrogen) atoms. The number of methoxy groups -OCH3 is 1. The largest absolute Gasteiger partial charge is 0.507 e. The Labute approximate surface area is 143 Å². The van der Waals surface area contributed by atoms with Crippen LogP contribution >= 0.6 is 0 Å². The number of ether oxygens (including phenoxy) is 1. The number of nitrogens with one attached hydrogen (secondary N) is 1. The van der Waals surface area contributed by atoms with E-state index in [0.717, 1.165) is 6.54 Å². The molecule has 1 heterocycles. The fourth-order valence-corrected chi connectivity index (χ4v) is 3.21. The van der Waals surface area contributed by atoms with E-state index in [-0.39, 0.29) is 5.75 Å². The molecule has 0 unspecified atom stereocenters. The monoisotopic (exact) mass is 325 g/mol. The molecule has 1 fully saturated rings. The van der Waals surface area contributed by atoms with Gasteiger partial charge in [0.2, 0.25) is 0 Å². The maximum Gasteiger partial charge on any atom is 0.124 e. The predicted octanol–water partition coefficient (Wildman–Crippen LogP) is 2.20. The summed E-state index contributed by atoms with van der Waals surface area (Å²) in [6.45, 7) is 4.25. The fourth-order valence-electron chi connectivity index (χ4n) is 3.21. The summed E-state index contributed by atoms with van der Waals surface area (Å²) >= 11 is 0. The number of aliphatic imine (C=N–C) groups is 1. The molecule has 1 saturated heterocycles. The maximum atomic E-state index is 9.92. The first-order chi connectivity index (χ1) is 11.8. The van der Waals surface area contributed by atoms with Crippen molar-refractivity contribution in [1.29, 1.82) is 0 Å². The highest BCUT2D eigenvalue weighted by molar-refractivity contribution is 5.84. The average molecular weight is 325 g/mol. The molecule has 4 nitrogen and oxygen atoms in total. The molecule has 2 aromatic carbocycles. The molecule has 2 N–H and O–H groups in total. The molecule has 126 valence electrons. The summed E-state index contributed by atoms with van der Waals surface area (Å²) in [7, 11) is 1.62. The van der Waals surface area contributed by atoms with Gasteiger partial charge in [0.1, 0.15) is 18.0 Å². The van der Waals surface area contributed by atoms with Gasteiger partial charge in [-0.25, -0.2) is 0 Å². The number of aromatic hydroxyl groups is 1. The molecule has 4 heteroatoms. The Bertz CT molecular complexity index is 707. The number of phenols is 1. The zero-order valence-electron chi connectivity index (χ0n) is 14.2. The van der Waals surface area contributed by atoms with Gasteiger partial charge in [0.25, 0.3) is 0 Å². The summed E-state index contributed by atoms with van der Waals surface area (Å²) < 4.78 is 5.19. The lowest BCUT2D eigenvalue weighted by Gasteiger charge is -2.14. The first kappa shape index (κ1) is 16.5. The van der Waals surface area contributed by atoms with E-state index in [0.29, 0.717) is 17.9 Å². The normalized spacial score (nSPS) is 15.2. The highest BCUT2D eigenvalue weighted by atomic mass is 16.5. The maximum absolute atomic E-state index is 9.92. The van der Waals surface area contributed by atoms with E-state index < -0.39 is 0 Å². The molecule has 0 aliphatic carbocycles. The lowest BCUT2D eigenvalue weighted by atomic mass is 10.1. The van der Waals surface area contributed by atoms with Crippen molar-refractivity contribution in [3.8, 4) is 11.5 Å². The van der Waals surface area contributed by atoms with Crippen LogP contribution in [-0.2, 0) is 13.1 Å². The number of benzene rings is 2. The minimum Gasteiger partial charge on any atom is -0.507 e. The Hall–Kier alpha value is -2.33. The molecule has 0 amide bonds. The Morgan fingerprint density at radius 3 is 2.62 bits per heavy atom. The molecule has 0 aromatic heterocycles. The standard InChI is InChI=1S/C20H24N2O2/c1-24-19-8-9-20(23)18(12-19)14-21-13-16-6-2-3-7-17(16)15-22-10-4-5-11-22/h2-3,6-9,12,14,23H,4-5,10-11,13,15H2,1H3/p+1. The third-order valence-electron chi connectivity index (χ3n) is 4.60. The highest BCUT2D eigenvalue weighted by Gasteiger charge is 2.16. The lowest BCUT2D eigenvalue weighted by Crippen LogP contribution is -3.08. The van der Waals surface area contributed by atoms with Gasteiger partial charge in [0.15, 0.2) is 0 Å². The molecule has 0 saturated carbocycles. The summed E-state index contributed by atoms with van der Waals surface area (Å²) in [4.78, 5) is 6.20. The molecule has 0 atom stereocenters. The van der Waals surface area contributed by atoms with E-state index in [1.54, 1.807) is 36.4 Å². The van der Waals surface area contributed by atoms with E-state index in [1.807, 2.05) is 0 Å². The quantitative estimate of drug-likeness (QED) is 0.800. The molecule has 2 aromatic rings. The smallest absolute Gasteiger partial charge is 0.124 e. The van der Waals surface area contributed by atoms with Gasteiger partial charge < -0.3 is 14.7 Å². The molecule has 1 aliphatic heterocycles. The Balaban J connectivity index is 1.70. The molecule has 0 spiro atoms. The third-order valence-corrected chi connectivity index (χ3v) is 4.60. The van der Waals surface area contributed by atoms with Crippen LogP contribution in [0.25, 0.3) is 0 Å². The van der Waals surface area contributed by atoms with Crippen LogP contribution in [0.2, 0.25) is 0 Å². The predicted molar refractivity (Wildman–Crippen MR) is 96.0 cm³/mol. The molecule has 0 bridgehead atoms. The molecular formula is C20H25N2O2+. The van der Waals surface area contributed by atoms with Gasteiger partial charge in [-0.05, 0) is 23.8 Å². The second-order valence-electron chi connectivity index (χ2n) is 6.30. The zero-order valence-corrected chi connectivity index (χ0v) is 14.2. The van der Waals surface area contributed by atoms with Gasteiger partial charge in [0, 0.05) is 30.2 Å². The van der Waals surface area contributed by atoms with Crippen LogP contribution in [0.5, 0.6) is 11.5 Å². The van der Waals surface area contributed by atoms with Crippen molar-refractivity contribution >= 4 is 6.21 Å². The number of nitrogens with zero attached hydrogens (tertiary/aromatic N) is 1. The summed E-state index contributed by atoms with van der Waals surface area (Å²) in [6.07, 6.45) is 4.40. The summed E-state index contributed by atoms with van der Waals surface area (Å²) in [5.74, 6) is 0.932. The lowest BCUT2D eigenvalue weighted by molar-refractivity contribution is -0.901. The van der Waals surface area contributed by atoms with Crippen LogP contribution < -0.4 is 9.64 Å². The number of hydrogen-bond acceptors (Lipinski definition) is 3. The van der Waals surface area contributed by atoms with Gasteiger partial charge in [-0.2, -0.15) is 0 Å². The minimum absolute atomic E-state index is 0.217. The second kappa shape index (κ2) is 7.97. The Morgan fingerprint density at radius 2 is 1.88 bits per heavy atom. The van der Waals surface area contributed by atoms with Crippen molar-refractivity contribution in [1.82, 2.24) is 0 Å². The van der Waals surface area contributed by atoms with Crippen molar-refractivity contribution in [2.75, 3.05) is 20.2 Å². The van der Waals surface area contributed by atoms with Crippen LogP contribution in [-0.4, -0.2) is 31.5 Å². The highest BCUT2D eigenvalue weighted by Crippen LogP contribution is 2.21. The van der Waals surface area contributed by atoms with Crippen LogP contribution in [0.1, 0.15) is 29.5 Å². The average Bonchev–Trinajstić information content (AvgIpc) is 3.11. The van der Waals surface area contributed by atoms with Crippen molar-refractivity contribution in [2.24, 2.45) is 4.99 Å². The summed E-state index contributed by atoms with van der Waals surface area (Å²) in [5.41, 5.74) is 3.31. The number of likely N-dealkylation sites (tertiary alicyclic amines) is 1. The van der Waals surface area contributed by atoms with Gasteiger partial charge in [-0.3, -0.25) is 4.99 Å². The third kappa shape index (κ3) is 4.15. The summed E-state index contributed by atoms with van der Waals surface area (Å²) in [5, 5.41) is 9.92. The minimum atomic E-state index is 0.217. The number of phenolic OH excluding ortho intramolecular Hbond substituents is 1. The molecule has 1 aliphatic rings. The number of quaternary nitrogens is 1.